The Balaban J connectivity index is 2.99. The zero-order valence-electron chi connectivity index (χ0n) is 9.97. The van der Waals surface area contributed by atoms with Crippen molar-refractivity contribution < 1.29 is 14.5 Å². The van der Waals surface area contributed by atoms with Gasteiger partial charge in [-0.2, -0.15) is 0 Å². The predicted octanol–water partition coefficient (Wildman–Crippen LogP) is 0.401. The summed E-state index contributed by atoms with van der Waals surface area (Å²) in [6.45, 7) is 2.06. The molecular formula is C9H13N5O4. The van der Waals surface area contributed by atoms with Gasteiger partial charge in [0, 0.05) is 6.54 Å². The normalized spacial score (nSPS) is 9.67. The first-order chi connectivity index (χ1) is 8.60. The van der Waals surface area contributed by atoms with Crippen molar-refractivity contribution in [3.8, 4) is 0 Å². The molecule has 0 amide bonds. The molecule has 0 bridgehead atoms. The Kier molecular flexibility index (Phi) is 4.78. The molecule has 0 atom stereocenters. The van der Waals surface area contributed by atoms with E-state index in [1.807, 2.05) is 0 Å². The number of ether oxygens (including phenoxy) is 1. The van der Waals surface area contributed by atoms with Gasteiger partial charge in [-0.3, -0.25) is 14.9 Å². The van der Waals surface area contributed by atoms with Gasteiger partial charge in [-0.15, -0.1) is 0 Å². The van der Waals surface area contributed by atoms with Crippen LogP contribution in [0.3, 0.4) is 0 Å². The Morgan fingerprint density at radius 2 is 2.06 bits per heavy atom. The summed E-state index contributed by atoms with van der Waals surface area (Å²) in [5.41, 5.74) is -0.303. The molecule has 0 aromatic carbocycles. The Morgan fingerprint density at radius 3 is 2.56 bits per heavy atom. The first-order valence-electron chi connectivity index (χ1n) is 5.14. The van der Waals surface area contributed by atoms with Crippen molar-refractivity contribution >= 4 is 23.3 Å². The van der Waals surface area contributed by atoms with Crippen LogP contribution in [0.1, 0.15) is 6.92 Å². The van der Waals surface area contributed by atoms with Gasteiger partial charge in [0.2, 0.25) is 11.6 Å². The number of hydrogen-bond donors (Lipinski definition) is 2. The summed E-state index contributed by atoms with van der Waals surface area (Å²) < 4.78 is 4.42. The fourth-order valence-electron chi connectivity index (χ4n) is 1.21. The summed E-state index contributed by atoms with van der Waals surface area (Å²) >= 11 is 0. The summed E-state index contributed by atoms with van der Waals surface area (Å²) in [5, 5.41) is 16.2. The second-order valence-electron chi connectivity index (χ2n) is 3.14. The quantitative estimate of drug-likeness (QED) is 0.426. The van der Waals surface area contributed by atoms with Crippen molar-refractivity contribution in [3.63, 3.8) is 0 Å². The zero-order chi connectivity index (χ0) is 13.5. The lowest BCUT2D eigenvalue weighted by atomic mass is 10.4. The van der Waals surface area contributed by atoms with Crippen LogP contribution in [0.5, 0.6) is 0 Å². The van der Waals surface area contributed by atoms with Crippen LogP contribution in [0.25, 0.3) is 0 Å². The van der Waals surface area contributed by atoms with Gasteiger partial charge in [-0.1, -0.05) is 0 Å². The monoisotopic (exact) mass is 255 g/mol. The van der Waals surface area contributed by atoms with Crippen LogP contribution in [0.2, 0.25) is 0 Å². The minimum Gasteiger partial charge on any atom is -0.468 e. The van der Waals surface area contributed by atoms with Gasteiger partial charge in [-0.25, -0.2) is 9.97 Å². The van der Waals surface area contributed by atoms with Gasteiger partial charge in [0.1, 0.15) is 12.9 Å². The fourth-order valence-corrected chi connectivity index (χ4v) is 1.21. The molecule has 1 aromatic heterocycles. The van der Waals surface area contributed by atoms with Crippen LogP contribution in [0.4, 0.5) is 17.3 Å². The van der Waals surface area contributed by atoms with E-state index in [9.17, 15) is 14.9 Å². The zero-order valence-corrected chi connectivity index (χ0v) is 9.97. The molecule has 0 radical (unpaired) electrons. The van der Waals surface area contributed by atoms with E-state index in [-0.39, 0.29) is 23.9 Å². The lowest BCUT2D eigenvalue weighted by Crippen LogP contribution is -2.17. The lowest BCUT2D eigenvalue weighted by molar-refractivity contribution is -0.383. The Hall–Kier alpha value is -2.45. The number of rotatable bonds is 6. The fraction of sp³-hybridized carbons (Fsp3) is 0.444. The minimum absolute atomic E-state index is 0.0312. The van der Waals surface area contributed by atoms with Gasteiger partial charge < -0.3 is 15.4 Å². The lowest BCUT2D eigenvalue weighted by Gasteiger charge is -2.07. The molecule has 1 rings (SSSR count). The molecule has 18 heavy (non-hydrogen) atoms. The Bertz CT molecular complexity index is 451. The van der Waals surface area contributed by atoms with E-state index >= 15 is 0 Å². The number of nitro groups is 1. The molecule has 9 nitrogen and oxygen atoms in total. The number of carbonyl (C=O) groups excluding carboxylic acids is 1. The second-order valence-corrected chi connectivity index (χ2v) is 3.14. The highest BCUT2D eigenvalue weighted by Crippen LogP contribution is 2.28. The molecule has 0 aliphatic carbocycles. The third-order valence-electron chi connectivity index (χ3n) is 1.98. The van der Waals surface area contributed by atoms with E-state index in [1.165, 1.54) is 13.4 Å². The summed E-state index contributed by atoms with van der Waals surface area (Å²) in [5.74, 6) is -0.478. The summed E-state index contributed by atoms with van der Waals surface area (Å²) in [7, 11) is 1.22. The maximum atomic E-state index is 11.0. The molecule has 0 unspecified atom stereocenters. The molecule has 0 saturated carbocycles. The molecule has 98 valence electrons. The van der Waals surface area contributed by atoms with E-state index in [0.29, 0.717) is 6.54 Å². The number of carbonyl (C=O) groups is 1. The van der Waals surface area contributed by atoms with Crippen molar-refractivity contribution in [2.75, 3.05) is 30.8 Å². The number of aromatic nitrogens is 2. The molecule has 0 spiro atoms. The third-order valence-corrected chi connectivity index (χ3v) is 1.98. The molecule has 0 aliphatic rings. The average Bonchev–Trinajstić information content (AvgIpc) is 2.36. The van der Waals surface area contributed by atoms with Gasteiger partial charge >= 0.3 is 11.7 Å². The van der Waals surface area contributed by atoms with Gasteiger partial charge in [-0.05, 0) is 6.92 Å². The summed E-state index contributed by atoms with van der Waals surface area (Å²) in [6, 6.07) is 0. The van der Waals surface area contributed by atoms with Crippen molar-refractivity contribution in [2.24, 2.45) is 0 Å². The van der Waals surface area contributed by atoms with E-state index < -0.39 is 10.9 Å². The standard InChI is InChI=1S/C9H13N5O4/c1-3-10-8-7(14(16)17)9(13-5-12-8)11-4-6(15)18-2/h5H,3-4H2,1-2H3,(H2,10,11,12,13). The van der Waals surface area contributed by atoms with Crippen LogP contribution in [-0.4, -0.2) is 41.1 Å². The number of nitrogens with one attached hydrogen (secondary N) is 2. The number of esters is 1. The third kappa shape index (κ3) is 3.27. The number of anilines is 2. The van der Waals surface area contributed by atoms with Crippen molar-refractivity contribution in [2.45, 2.75) is 6.92 Å². The van der Waals surface area contributed by atoms with Crippen LogP contribution in [0, 0.1) is 10.1 Å². The molecule has 0 fully saturated rings. The maximum absolute atomic E-state index is 11.0. The van der Waals surface area contributed by atoms with Gasteiger partial charge in [0.05, 0.1) is 12.0 Å². The van der Waals surface area contributed by atoms with Gasteiger partial charge in [0.25, 0.3) is 0 Å². The highest BCUT2D eigenvalue weighted by molar-refractivity contribution is 5.77. The van der Waals surface area contributed by atoms with E-state index in [2.05, 4.69) is 25.3 Å². The number of nitrogens with zero attached hydrogens (tertiary/aromatic N) is 3. The smallest absolute Gasteiger partial charge is 0.353 e. The van der Waals surface area contributed by atoms with Crippen LogP contribution in [-0.2, 0) is 9.53 Å². The maximum Gasteiger partial charge on any atom is 0.353 e. The van der Waals surface area contributed by atoms with Crippen molar-refractivity contribution in [1.82, 2.24) is 9.97 Å². The van der Waals surface area contributed by atoms with Crippen LogP contribution in [0.15, 0.2) is 6.33 Å². The van der Waals surface area contributed by atoms with E-state index in [1.54, 1.807) is 6.92 Å². The topological polar surface area (TPSA) is 119 Å². The molecule has 9 heteroatoms. The predicted molar refractivity (Wildman–Crippen MR) is 63.4 cm³/mol. The summed E-state index contributed by atoms with van der Waals surface area (Å²) in [6.07, 6.45) is 1.17. The molecule has 0 saturated heterocycles. The molecular weight excluding hydrogens is 242 g/mol. The summed E-state index contributed by atoms with van der Waals surface area (Å²) in [4.78, 5) is 28.8. The van der Waals surface area contributed by atoms with Gasteiger partial charge in [0.15, 0.2) is 0 Å². The van der Waals surface area contributed by atoms with E-state index in [4.69, 9.17) is 0 Å². The highest BCUT2D eigenvalue weighted by atomic mass is 16.6. The number of hydrogen-bond acceptors (Lipinski definition) is 8. The largest absolute Gasteiger partial charge is 0.468 e. The highest BCUT2D eigenvalue weighted by Gasteiger charge is 2.22. The van der Waals surface area contributed by atoms with Crippen LogP contribution >= 0.6 is 0 Å². The first kappa shape index (κ1) is 13.6. The Labute approximate surface area is 103 Å². The second kappa shape index (κ2) is 6.33. The average molecular weight is 255 g/mol. The first-order valence-corrected chi connectivity index (χ1v) is 5.14. The van der Waals surface area contributed by atoms with E-state index in [0.717, 1.165) is 0 Å². The minimum atomic E-state index is -0.613. The molecule has 0 aliphatic heterocycles. The SMILES string of the molecule is CCNc1ncnc(NCC(=O)OC)c1[N+](=O)[O-]. The van der Waals surface area contributed by atoms with Crippen molar-refractivity contribution in [1.29, 1.82) is 0 Å². The molecule has 1 heterocycles. The van der Waals surface area contributed by atoms with Crippen LogP contribution < -0.4 is 10.6 Å². The number of methoxy groups -OCH3 is 1. The molecule has 1 aromatic rings. The molecule has 2 N–H and O–H groups in total. The Morgan fingerprint density at radius 1 is 1.44 bits per heavy atom. The van der Waals surface area contributed by atoms with Crippen molar-refractivity contribution in [3.05, 3.63) is 16.4 Å².